The van der Waals surface area contributed by atoms with E-state index < -0.39 is 0 Å². The van der Waals surface area contributed by atoms with Gasteiger partial charge in [0.2, 0.25) is 0 Å². The first-order valence-corrected chi connectivity index (χ1v) is 12.0. The van der Waals surface area contributed by atoms with Crippen molar-refractivity contribution in [2.45, 2.75) is 63.3 Å². The lowest BCUT2D eigenvalue weighted by Crippen LogP contribution is -2.42. The molecule has 8 heteroatoms. The van der Waals surface area contributed by atoms with Gasteiger partial charge in [0.15, 0.2) is 0 Å². The number of hydrogen-bond donors (Lipinski definition) is 2. The summed E-state index contributed by atoms with van der Waals surface area (Å²) in [6, 6.07) is 5.86. The fourth-order valence-corrected chi connectivity index (χ4v) is 5.46. The number of fused-ring (bicyclic) bond motifs is 1. The standard InChI is InChI=1S/C24H34N4O4/c1-16-7-8-17(11-20(16)28-10-9-25-24(28)30)23(29)26-18-14-31-21-12-27(13-22(21)32-15-18)19-5-3-2-4-6-19/h7-8,11,18-19,21-22H,2-6,9-10,12-15H2,1H3,(H,25,30)(H,26,29)/t21-,22-/m0/s1. The Balaban J connectivity index is 1.17. The van der Waals surface area contributed by atoms with Crippen LogP contribution < -0.4 is 15.5 Å². The van der Waals surface area contributed by atoms with Crippen LogP contribution >= 0.6 is 0 Å². The lowest BCUT2D eigenvalue weighted by atomic mass is 9.94. The van der Waals surface area contributed by atoms with E-state index in [-0.39, 0.29) is 30.2 Å². The van der Waals surface area contributed by atoms with Gasteiger partial charge in [-0.05, 0) is 37.5 Å². The Kier molecular flexibility index (Phi) is 6.35. The molecule has 0 bridgehead atoms. The van der Waals surface area contributed by atoms with Crippen molar-refractivity contribution < 1.29 is 19.1 Å². The molecule has 32 heavy (non-hydrogen) atoms. The van der Waals surface area contributed by atoms with Gasteiger partial charge in [0.25, 0.3) is 5.91 Å². The van der Waals surface area contributed by atoms with E-state index in [1.807, 2.05) is 13.0 Å². The molecule has 3 aliphatic heterocycles. The summed E-state index contributed by atoms with van der Waals surface area (Å²) in [6.45, 7) is 5.94. The SMILES string of the molecule is Cc1ccc(C(=O)NC2CO[C@H]3CN(C4CCCCC4)C[C@@H]3OC2)cc1N1CCNC1=O. The molecule has 3 amide bonds. The maximum Gasteiger partial charge on any atom is 0.322 e. The maximum absolute atomic E-state index is 12.9. The minimum absolute atomic E-state index is 0.0819. The van der Waals surface area contributed by atoms with Crippen LogP contribution in [0.15, 0.2) is 18.2 Å². The molecule has 0 radical (unpaired) electrons. The summed E-state index contributed by atoms with van der Waals surface area (Å²) >= 11 is 0. The van der Waals surface area contributed by atoms with E-state index in [9.17, 15) is 9.59 Å². The number of urea groups is 1. The molecule has 0 aromatic heterocycles. The van der Waals surface area contributed by atoms with E-state index in [1.54, 1.807) is 17.0 Å². The Morgan fingerprint density at radius 1 is 1.09 bits per heavy atom. The Hall–Kier alpha value is -2.16. The van der Waals surface area contributed by atoms with Crippen LogP contribution in [-0.4, -0.2) is 80.5 Å². The molecule has 2 atom stereocenters. The van der Waals surface area contributed by atoms with Crippen molar-refractivity contribution in [3.05, 3.63) is 29.3 Å². The van der Waals surface area contributed by atoms with Gasteiger partial charge in [-0.25, -0.2) is 4.79 Å². The van der Waals surface area contributed by atoms with Gasteiger partial charge in [0.1, 0.15) is 0 Å². The number of carbonyl (C=O) groups excluding carboxylic acids is 2. The molecule has 3 heterocycles. The van der Waals surface area contributed by atoms with E-state index in [4.69, 9.17) is 9.47 Å². The highest BCUT2D eigenvalue weighted by Crippen LogP contribution is 2.29. The van der Waals surface area contributed by atoms with E-state index in [0.717, 1.165) is 24.3 Å². The number of benzene rings is 1. The van der Waals surface area contributed by atoms with Crippen molar-refractivity contribution in [2.24, 2.45) is 0 Å². The third kappa shape index (κ3) is 4.49. The third-order valence-electron chi connectivity index (χ3n) is 7.31. The number of likely N-dealkylation sites (tertiary alicyclic amines) is 1. The van der Waals surface area contributed by atoms with Gasteiger partial charge in [-0.2, -0.15) is 0 Å². The quantitative estimate of drug-likeness (QED) is 0.746. The number of nitrogens with one attached hydrogen (secondary N) is 2. The molecule has 1 aliphatic carbocycles. The topological polar surface area (TPSA) is 83.1 Å². The van der Waals surface area contributed by atoms with Gasteiger partial charge in [0.05, 0.1) is 31.5 Å². The fourth-order valence-electron chi connectivity index (χ4n) is 5.46. The third-order valence-corrected chi connectivity index (χ3v) is 7.31. The van der Waals surface area contributed by atoms with Crippen molar-refractivity contribution in [3.8, 4) is 0 Å². The fraction of sp³-hybridized carbons (Fsp3) is 0.667. The lowest BCUT2D eigenvalue weighted by molar-refractivity contribution is -0.00461. The summed E-state index contributed by atoms with van der Waals surface area (Å²) in [5.41, 5.74) is 2.28. The Bertz CT molecular complexity index is 840. The van der Waals surface area contributed by atoms with E-state index >= 15 is 0 Å². The summed E-state index contributed by atoms with van der Waals surface area (Å²) in [5.74, 6) is -0.168. The minimum Gasteiger partial charge on any atom is -0.372 e. The van der Waals surface area contributed by atoms with E-state index in [0.29, 0.717) is 37.9 Å². The average Bonchev–Trinajstić information content (AvgIpc) is 3.38. The van der Waals surface area contributed by atoms with Gasteiger partial charge in [-0.3, -0.25) is 14.6 Å². The minimum atomic E-state index is -0.184. The van der Waals surface area contributed by atoms with Crippen LogP contribution in [0.3, 0.4) is 0 Å². The monoisotopic (exact) mass is 442 g/mol. The average molecular weight is 443 g/mol. The zero-order valence-corrected chi connectivity index (χ0v) is 18.8. The Morgan fingerprint density at radius 3 is 2.47 bits per heavy atom. The summed E-state index contributed by atoms with van der Waals surface area (Å²) < 4.78 is 12.4. The predicted molar refractivity (Wildman–Crippen MR) is 121 cm³/mol. The molecular weight excluding hydrogens is 408 g/mol. The van der Waals surface area contributed by atoms with Crippen molar-refractivity contribution in [2.75, 3.05) is 44.3 Å². The van der Waals surface area contributed by atoms with Crippen LogP contribution in [0.4, 0.5) is 10.5 Å². The molecule has 3 saturated heterocycles. The first-order chi connectivity index (χ1) is 15.6. The highest BCUT2D eigenvalue weighted by Gasteiger charge is 2.40. The normalized spacial score (nSPS) is 27.8. The summed E-state index contributed by atoms with van der Waals surface area (Å²) in [4.78, 5) is 29.2. The van der Waals surface area contributed by atoms with Gasteiger partial charge in [-0.15, -0.1) is 0 Å². The zero-order chi connectivity index (χ0) is 22.1. The molecule has 1 saturated carbocycles. The molecule has 4 fully saturated rings. The number of rotatable bonds is 4. The largest absolute Gasteiger partial charge is 0.372 e. The second kappa shape index (κ2) is 9.37. The molecule has 0 spiro atoms. The maximum atomic E-state index is 12.9. The zero-order valence-electron chi connectivity index (χ0n) is 18.8. The van der Waals surface area contributed by atoms with Crippen molar-refractivity contribution in [3.63, 3.8) is 0 Å². The number of hydrogen-bond acceptors (Lipinski definition) is 5. The first-order valence-electron chi connectivity index (χ1n) is 12.0. The van der Waals surface area contributed by atoms with Crippen LogP contribution in [0.1, 0.15) is 48.0 Å². The van der Waals surface area contributed by atoms with E-state index in [2.05, 4.69) is 15.5 Å². The molecular formula is C24H34N4O4. The molecule has 174 valence electrons. The first kappa shape index (κ1) is 21.7. The summed E-state index contributed by atoms with van der Waals surface area (Å²) in [7, 11) is 0. The Morgan fingerprint density at radius 2 is 1.81 bits per heavy atom. The van der Waals surface area contributed by atoms with Crippen LogP contribution in [0.5, 0.6) is 0 Å². The number of ether oxygens (including phenoxy) is 2. The van der Waals surface area contributed by atoms with Gasteiger partial charge >= 0.3 is 6.03 Å². The highest BCUT2D eigenvalue weighted by atomic mass is 16.6. The molecule has 5 rings (SSSR count). The van der Waals surface area contributed by atoms with E-state index in [1.165, 1.54) is 32.1 Å². The molecule has 4 aliphatic rings. The highest BCUT2D eigenvalue weighted by molar-refractivity contribution is 5.99. The summed E-state index contributed by atoms with van der Waals surface area (Å²) in [6.07, 6.45) is 6.76. The summed E-state index contributed by atoms with van der Waals surface area (Å²) in [5, 5.41) is 5.88. The second-order valence-electron chi connectivity index (χ2n) is 9.54. The number of aryl methyl sites for hydroxylation is 1. The van der Waals surface area contributed by atoms with Crippen LogP contribution in [0.2, 0.25) is 0 Å². The molecule has 0 unspecified atom stereocenters. The number of anilines is 1. The molecule has 1 aromatic rings. The number of carbonyl (C=O) groups is 2. The lowest BCUT2D eigenvalue weighted by Gasteiger charge is -2.31. The van der Waals surface area contributed by atoms with Gasteiger partial charge < -0.3 is 20.1 Å². The van der Waals surface area contributed by atoms with Crippen molar-refractivity contribution >= 4 is 17.6 Å². The molecule has 2 N–H and O–H groups in total. The number of nitrogens with zero attached hydrogens (tertiary/aromatic N) is 2. The van der Waals surface area contributed by atoms with Crippen LogP contribution in [-0.2, 0) is 9.47 Å². The van der Waals surface area contributed by atoms with Crippen molar-refractivity contribution in [1.29, 1.82) is 0 Å². The predicted octanol–water partition coefficient (Wildman–Crippen LogP) is 2.06. The Labute approximate surface area is 189 Å². The van der Waals surface area contributed by atoms with Crippen LogP contribution in [0, 0.1) is 6.92 Å². The molecule has 8 nitrogen and oxygen atoms in total. The van der Waals surface area contributed by atoms with Crippen molar-refractivity contribution in [1.82, 2.24) is 15.5 Å². The molecule has 1 aromatic carbocycles. The van der Waals surface area contributed by atoms with Crippen LogP contribution in [0.25, 0.3) is 0 Å². The smallest absolute Gasteiger partial charge is 0.322 e. The second-order valence-corrected chi connectivity index (χ2v) is 9.54. The number of amides is 3. The van der Waals surface area contributed by atoms with Gasteiger partial charge in [-0.1, -0.05) is 25.3 Å². The van der Waals surface area contributed by atoms with Gasteiger partial charge in [0, 0.05) is 43.5 Å².